The molecule has 2 aromatic carbocycles. The van der Waals surface area contributed by atoms with Gasteiger partial charge in [0, 0.05) is 38.4 Å². The number of ether oxygens (including phenoxy) is 1. The van der Waals surface area contributed by atoms with E-state index in [4.69, 9.17) is 4.74 Å². The lowest BCUT2D eigenvalue weighted by molar-refractivity contribution is -0.118. The maximum atomic E-state index is 12.8. The topological polar surface area (TPSA) is 125 Å². The minimum atomic E-state index is -3.58. The van der Waals surface area contributed by atoms with Crippen LogP contribution in [0.3, 0.4) is 0 Å². The highest BCUT2D eigenvalue weighted by Gasteiger charge is 2.27. The molecule has 0 saturated carbocycles. The maximum absolute atomic E-state index is 12.8. The van der Waals surface area contributed by atoms with E-state index in [2.05, 4.69) is 14.9 Å². The molecule has 2 N–H and O–H groups in total. The molecule has 1 aliphatic heterocycles. The van der Waals surface area contributed by atoms with Crippen LogP contribution in [-0.2, 0) is 24.8 Å². The number of nitrogens with zero attached hydrogens (tertiary/aromatic N) is 2. The molecule has 1 amide bonds. The molecule has 12 heteroatoms. The van der Waals surface area contributed by atoms with Crippen LogP contribution in [0.2, 0.25) is 0 Å². The first-order valence-electron chi connectivity index (χ1n) is 11.4. The van der Waals surface area contributed by atoms with Crippen molar-refractivity contribution in [2.24, 2.45) is 0 Å². The van der Waals surface area contributed by atoms with Gasteiger partial charge in [-0.1, -0.05) is 13.3 Å². The van der Waals surface area contributed by atoms with Gasteiger partial charge in [-0.2, -0.15) is 4.31 Å². The molecule has 1 saturated heterocycles. The Morgan fingerprint density at radius 3 is 2.11 bits per heavy atom. The second-order valence-corrected chi connectivity index (χ2v) is 12.0. The van der Waals surface area contributed by atoms with Crippen LogP contribution < -0.4 is 14.8 Å². The molecule has 1 heterocycles. The van der Waals surface area contributed by atoms with E-state index in [1.165, 1.54) is 52.8 Å². The molecule has 0 spiro atoms. The van der Waals surface area contributed by atoms with Gasteiger partial charge < -0.3 is 15.0 Å². The Bertz CT molecular complexity index is 1190. The highest BCUT2D eigenvalue weighted by molar-refractivity contribution is 7.89. The molecule has 192 valence electrons. The van der Waals surface area contributed by atoms with Crippen molar-refractivity contribution in [1.29, 1.82) is 0 Å². The van der Waals surface area contributed by atoms with Crippen LogP contribution in [0.15, 0.2) is 58.3 Å². The number of sulfonamides is 2. The third-order valence-corrected chi connectivity index (χ3v) is 8.95. The van der Waals surface area contributed by atoms with Gasteiger partial charge in [-0.05, 0) is 62.0 Å². The zero-order valence-corrected chi connectivity index (χ0v) is 21.6. The van der Waals surface area contributed by atoms with Crippen LogP contribution in [0.4, 0.5) is 5.69 Å². The highest BCUT2D eigenvalue weighted by Crippen LogP contribution is 2.20. The summed E-state index contributed by atoms with van der Waals surface area (Å²) < 4.78 is 59.5. The Kier molecular flexibility index (Phi) is 9.25. The molecular formula is C23H32N4O6S2. The predicted octanol–water partition coefficient (Wildman–Crippen LogP) is 1.72. The molecule has 3 rings (SSSR count). The van der Waals surface area contributed by atoms with Crippen molar-refractivity contribution in [3.8, 4) is 5.75 Å². The van der Waals surface area contributed by atoms with Gasteiger partial charge in [0.05, 0.1) is 9.79 Å². The number of benzene rings is 2. The average Bonchev–Trinajstić information content (AvgIpc) is 2.84. The molecule has 2 aromatic rings. The third kappa shape index (κ3) is 7.48. The summed E-state index contributed by atoms with van der Waals surface area (Å²) in [5.41, 5.74) is 0.440. The molecule has 10 nitrogen and oxygen atoms in total. The summed E-state index contributed by atoms with van der Waals surface area (Å²) >= 11 is 0. The first-order valence-corrected chi connectivity index (χ1v) is 14.4. The smallest absolute Gasteiger partial charge is 0.262 e. The van der Waals surface area contributed by atoms with Crippen molar-refractivity contribution in [2.75, 3.05) is 51.7 Å². The molecule has 0 bridgehead atoms. The van der Waals surface area contributed by atoms with Gasteiger partial charge in [0.1, 0.15) is 5.75 Å². The van der Waals surface area contributed by atoms with E-state index in [1.807, 2.05) is 14.0 Å². The van der Waals surface area contributed by atoms with Crippen molar-refractivity contribution in [3.05, 3.63) is 48.5 Å². The lowest BCUT2D eigenvalue weighted by Gasteiger charge is -2.31. The molecule has 35 heavy (non-hydrogen) atoms. The second kappa shape index (κ2) is 12.0. The fourth-order valence-electron chi connectivity index (χ4n) is 3.42. The van der Waals surface area contributed by atoms with Gasteiger partial charge in [-0.25, -0.2) is 21.6 Å². The normalized spacial score (nSPS) is 15.6. The summed E-state index contributed by atoms with van der Waals surface area (Å²) in [6.07, 6.45) is 1.64. The molecule has 0 unspecified atom stereocenters. The van der Waals surface area contributed by atoms with E-state index in [-0.39, 0.29) is 16.4 Å². The van der Waals surface area contributed by atoms with Gasteiger partial charge in [-0.15, -0.1) is 0 Å². The Morgan fingerprint density at radius 2 is 1.51 bits per heavy atom. The first kappa shape index (κ1) is 27.1. The van der Waals surface area contributed by atoms with Crippen molar-refractivity contribution in [1.82, 2.24) is 13.9 Å². The monoisotopic (exact) mass is 524 g/mol. The number of hydrogen-bond donors (Lipinski definition) is 2. The average molecular weight is 525 g/mol. The summed E-state index contributed by atoms with van der Waals surface area (Å²) in [5, 5.41) is 2.66. The Labute approximate surface area is 207 Å². The molecule has 1 aliphatic rings. The van der Waals surface area contributed by atoms with E-state index in [0.717, 1.165) is 12.8 Å². The van der Waals surface area contributed by atoms with E-state index in [0.29, 0.717) is 44.2 Å². The van der Waals surface area contributed by atoms with Crippen molar-refractivity contribution in [3.63, 3.8) is 0 Å². The Morgan fingerprint density at radius 1 is 0.914 bits per heavy atom. The standard InChI is InChI=1S/C23H32N4O6S2/c1-3-4-13-24-34(29,30)21-11-7-20(8-12-21)33-18-23(28)25-19-5-9-22(10-6-19)35(31,32)27-16-14-26(2)15-17-27/h5-12,24H,3-4,13-18H2,1-2H3,(H,25,28). The number of amides is 1. The molecule has 0 atom stereocenters. The summed E-state index contributed by atoms with van der Waals surface area (Å²) in [6, 6.07) is 11.8. The van der Waals surface area contributed by atoms with Gasteiger partial charge in [-0.3, -0.25) is 4.79 Å². The number of carbonyl (C=O) groups is 1. The van der Waals surface area contributed by atoms with Gasteiger partial charge in [0.25, 0.3) is 5.91 Å². The van der Waals surface area contributed by atoms with Crippen LogP contribution >= 0.6 is 0 Å². The lowest BCUT2D eigenvalue weighted by atomic mass is 10.3. The third-order valence-electron chi connectivity index (χ3n) is 5.56. The molecule has 1 fully saturated rings. The lowest BCUT2D eigenvalue weighted by Crippen LogP contribution is -2.46. The summed E-state index contributed by atoms with van der Waals surface area (Å²) in [7, 11) is -5.20. The zero-order chi connectivity index (χ0) is 25.5. The number of piperazine rings is 1. The number of likely N-dealkylation sites (N-methyl/N-ethyl adjacent to an activating group) is 1. The summed E-state index contributed by atoms with van der Waals surface area (Å²) in [6.45, 7) is 4.31. The molecule has 0 aromatic heterocycles. The second-order valence-electron chi connectivity index (χ2n) is 8.29. The van der Waals surface area contributed by atoms with E-state index in [1.54, 1.807) is 0 Å². The molecular weight excluding hydrogens is 492 g/mol. The molecule has 0 aliphatic carbocycles. The van der Waals surface area contributed by atoms with Crippen molar-refractivity contribution in [2.45, 2.75) is 29.6 Å². The number of nitrogens with one attached hydrogen (secondary N) is 2. The van der Waals surface area contributed by atoms with Crippen LogP contribution in [0.25, 0.3) is 0 Å². The maximum Gasteiger partial charge on any atom is 0.262 e. The van der Waals surface area contributed by atoms with Crippen molar-refractivity contribution < 1.29 is 26.4 Å². The van der Waals surface area contributed by atoms with E-state index in [9.17, 15) is 21.6 Å². The highest BCUT2D eigenvalue weighted by atomic mass is 32.2. The molecule has 0 radical (unpaired) electrons. The van der Waals surface area contributed by atoms with Crippen LogP contribution in [-0.4, -0.2) is 78.3 Å². The van der Waals surface area contributed by atoms with Gasteiger partial charge in [0.15, 0.2) is 6.61 Å². The number of anilines is 1. The minimum Gasteiger partial charge on any atom is -0.484 e. The number of hydrogen-bond acceptors (Lipinski definition) is 7. The number of rotatable bonds is 11. The Balaban J connectivity index is 1.51. The number of unbranched alkanes of at least 4 members (excludes halogenated alkanes) is 1. The van der Waals surface area contributed by atoms with E-state index < -0.39 is 26.0 Å². The fraction of sp³-hybridized carbons (Fsp3) is 0.435. The minimum absolute atomic E-state index is 0.122. The van der Waals surface area contributed by atoms with Crippen LogP contribution in [0.5, 0.6) is 5.75 Å². The predicted molar refractivity (Wildman–Crippen MR) is 133 cm³/mol. The summed E-state index contributed by atoms with van der Waals surface area (Å²) in [5.74, 6) is -0.0844. The van der Waals surface area contributed by atoms with Gasteiger partial charge >= 0.3 is 0 Å². The largest absolute Gasteiger partial charge is 0.484 e. The number of carbonyl (C=O) groups excluding carboxylic acids is 1. The van der Waals surface area contributed by atoms with E-state index >= 15 is 0 Å². The Hall–Kier alpha value is -2.51. The van der Waals surface area contributed by atoms with Crippen molar-refractivity contribution >= 4 is 31.6 Å². The fourth-order valence-corrected chi connectivity index (χ4v) is 5.91. The van der Waals surface area contributed by atoms with Gasteiger partial charge in [0.2, 0.25) is 20.0 Å². The van der Waals surface area contributed by atoms with Crippen LogP contribution in [0, 0.1) is 0 Å². The SMILES string of the molecule is CCCCNS(=O)(=O)c1ccc(OCC(=O)Nc2ccc(S(=O)(=O)N3CCN(C)CC3)cc2)cc1. The quantitative estimate of drug-likeness (QED) is 0.429. The van der Waals surface area contributed by atoms with Crippen LogP contribution in [0.1, 0.15) is 19.8 Å². The summed E-state index contributed by atoms with van der Waals surface area (Å²) in [4.78, 5) is 14.6. The zero-order valence-electron chi connectivity index (χ0n) is 19.9. The first-order chi connectivity index (χ1) is 16.6.